The van der Waals surface area contributed by atoms with Crippen LogP contribution in [-0.4, -0.2) is 18.3 Å². The number of rotatable bonds is 4. The van der Waals surface area contributed by atoms with Crippen LogP contribution in [0.25, 0.3) is 0 Å². The molecule has 1 aliphatic heterocycles. The molecule has 2 nitrogen and oxygen atoms in total. The first-order chi connectivity index (χ1) is 8.07. The molecule has 1 aliphatic rings. The Balaban J connectivity index is 2.16. The average Bonchev–Trinajstić information content (AvgIpc) is 2.72. The van der Waals surface area contributed by atoms with E-state index in [9.17, 15) is 5.11 Å². The van der Waals surface area contributed by atoms with E-state index in [0.29, 0.717) is 11.8 Å². The van der Waals surface area contributed by atoms with Crippen molar-refractivity contribution in [2.24, 2.45) is 11.3 Å². The fraction of sp³-hybridized carbons (Fsp3) is 0.600. The normalized spacial score (nSPS) is 22.1. The van der Waals surface area contributed by atoms with E-state index < -0.39 is 0 Å². The Bertz CT molecular complexity index is 386. The van der Waals surface area contributed by atoms with Crippen LogP contribution < -0.4 is 4.74 Å². The van der Waals surface area contributed by atoms with Gasteiger partial charge in [-0.25, -0.2) is 0 Å². The molecule has 2 rings (SSSR count). The number of ether oxygens (including phenoxy) is 1. The third-order valence-electron chi connectivity index (χ3n) is 4.27. The lowest BCUT2D eigenvalue weighted by atomic mass is 9.72. The summed E-state index contributed by atoms with van der Waals surface area (Å²) in [5, 5.41) is 9.62. The first-order valence-electron chi connectivity index (χ1n) is 6.39. The monoisotopic (exact) mass is 234 g/mol. The Morgan fingerprint density at radius 1 is 1.41 bits per heavy atom. The van der Waals surface area contributed by atoms with E-state index in [-0.39, 0.29) is 12.0 Å². The lowest BCUT2D eigenvalue weighted by Gasteiger charge is -2.33. The smallest absolute Gasteiger partial charge is 0.122 e. The summed E-state index contributed by atoms with van der Waals surface area (Å²) in [6, 6.07) is 8.24. The molecule has 1 aromatic rings. The lowest BCUT2D eigenvalue weighted by Crippen LogP contribution is -2.30. The number of aliphatic hydroxyl groups is 1. The Labute approximate surface area is 104 Å². The summed E-state index contributed by atoms with van der Waals surface area (Å²) < 4.78 is 5.70. The molecule has 0 fully saturated rings. The molecule has 0 spiro atoms. The number of fused-ring (bicyclic) bond motifs is 1. The largest absolute Gasteiger partial charge is 0.493 e. The molecular weight excluding hydrogens is 212 g/mol. The summed E-state index contributed by atoms with van der Waals surface area (Å²) in [5.41, 5.74) is 1.28. The van der Waals surface area contributed by atoms with Gasteiger partial charge in [0.15, 0.2) is 0 Å². The molecule has 2 heteroatoms. The molecule has 1 N–H and O–H groups in total. The van der Waals surface area contributed by atoms with E-state index in [4.69, 9.17) is 4.74 Å². The van der Waals surface area contributed by atoms with Gasteiger partial charge in [-0.3, -0.25) is 0 Å². The molecule has 0 aromatic heterocycles. The minimum absolute atomic E-state index is 0.0223. The Hall–Kier alpha value is -1.02. The minimum Gasteiger partial charge on any atom is -0.493 e. The van der Waals surface area contributed by atoms with E-state index in [1.54, 1.807) is 0 Å². The topological polar surface area (TPSA) is 29.5 Å². The fourth-order valence-corrected chi connectivity index (χ4v) is 2.44. The first kappa shape index (κ1) is 12.4. The van der Waals surface area contributed by atoms with E-state index in [1.165, 1.54) is 5.56 Å². The zero-order chi connectivity index (χ0) is 12.5. The van der Waals surface area contributed by atoms with Crippen LogP contribution in [0.1, 0.15) is 38.7 Å². The van der Waals surface area contributed by atoms with Crippen molar-refractivity contribution in [3.8, 4) is 5.75 Å². The molecule has 2 unspecified atom stereocenters. The van der Waals surface area contributed by atoms with Crippen molar-refractivity contribution in [3.05, 3.63) is 29.8 Å². The van der Waals surface area contributed by atoms with Crippen molar-refractivity contribution in [3.63, 3.8) is 0 Å². The van der Waals surface area contributed by atoms with E-state index in [2.05, 4.69) is 32.9 Å². The first-order valence-corrected chi connectivity index (χ1v) is 6.39. The lowest BCUT2D eigenvalue weighted by molar-refractivity contribution is 0.0747. The Morgan fingerprint density at radius 3 is 2.76 bits per heavy atom. The number of para-hydroxylation sites is 1. The predicted molar refractivity (Wildman–Crippen MR) is 69.3 cm³/mol. The second kappa shape index (κ2) is 4.69. The zero-order valence-electron chi connectivity index (χ0n) is 10.9. The highest BCUT2D eigenvalue weighted by Crippen LogP contribution is 2.43. The van der Waals surface area contributed by atoms with Gasteiger partial charge in [0, 0.05) is 18.1 Å². The van der Waals surface area contributed by atoms with E-state index in [1.807, 2.05) is 12.1 Å². The van der Waals surface area contributed by atoms with Crippen LogP contribution in [0.15, 0.2) is 24.3 Å². The summed E-state index contributed by atoms with van der Waals surface area (Å²) in [4.78, 5) is 0. The maximum Gasteiger partial charge on any atom is 0.122 e. The molecule has 2 atom stereocenters. The molecule has 0 radical (unpaired) electrons. The molecule has 0 bridgehead atoms. The maximum atomic E-state index is 9.62. The predicted octanol–water partition coefficient (Wildman–Crippen LogP) is 3.21. The van der Waals surface area contributed by atoms with Crippen LogP contribution in [-0.2, 0) is 0 Å². The zero-order valence-corrected chi connectivity index (χ0v) is 10.9. The second-order valence-electron chi connectivity index (χ2n) is 5.72. The molecule has 0 saturated heterocycles. The highest BCUT2D eigenvalue weighted by atomic mass is 16.5. The van der Waals surface area contributed by atoms with E-state index >= 15 is 0 Å². The van der Waals surface area contributed by atoms with E-state index in [0.717, 1.165) is 18.8 Å². The minimum atomic E-state index is -0.0223. The van der Waals surface area contributed by atoms with Crippen LogP contribution in [0, 0.1) is 11.3 Å². The molecule has 17 heavy (non-hydrogen) atoms. The maximum absolute atomic E-state index is 9.62. The summed E-state index contributed by atoms with van der Waals surface area (Å²) >= 11 is 0. The van der Waals surface area contributed by atoms with Crippen molar-refractivity contribution >= 4 is 0 Å². The number of hydrogen-bond acceptors (Lipinski definition) is 2. The van der Waals surface area contributed by atoms with Crippen molar-refractivity contribution in [2.45, 2.75) is 33.1 Å². The highest BCUT2D eigenvalue weighted by Gasteiger charge is 2.34. The van der Waals surface area contributed by atoms with Gasteiger partial charge in [-0.1, -0.05) is 39.0 Å². The molecule has 94 valence electrons. The molecule has 0 aliphatic carbocycles. The second-order valence-corrected chi connectivity index (χ2v) is 5.72. The van der Waals surface area contributed by atoms with Gasteiger partial charge in [-0.05, 0) is 23.8 Å². The molecule has 0 saturated carbocycles. The van der Waals surface area contributed by atoms with Crippen molar-refractivity contribution in [2.75, 3.05) is 13.2 Å². The van der Waals surface area contributed by atoms with Gasteiger partial charge in [0.1, 0.15) is 5.75 Å². The fourth-order valence-electron chi connectivity index (χ4n) is 2.44. The van der Waals surface area contributed by atoms with Gasteiger partial charge in [0.2, 0.25) is 0 Å². The Kier molecular flexibility index (Phi) is 3.43. The van der Waals surface area contributed by atoms with Gasteiger partial charge in [-0.15, -0.1) is 0 Å². The Morgan fingerprint density at radius 2 is 2.12 bits per heavy atom. The van der Waals surface area contributed by atoms with Crippen LogP contribution in [0.3, 0.4) is 0 Å². The number of benzene rings is 1. The molecule has 1 aromatic carbocycles. The third kappa shape index (κ3) is 2.32. The van der Waals surface area contributed by atoms with Crippen LogP contribution in [0.4, 0.5) is 0 Å². The van der Waals surface area contributed by atoms with Gasteiger partial charge >= 0.3 is 0 Å². The summed E-state index contributed by atoms with van der Waals surface area (Å²) in [6.45, 7) is 7.51. The molecule has 1 heterocycles. The quantitative estimate of drug-likeness (QED) is 0.867. The average molecular weight is 234 g/mol. The number of aliphatic hydroxyl groups excluding tert-OH is 1. The van der Waals surface area contributed by atoms with Crippen LogP contribution in [0.2, 0.25) is 0 Å². The summed E-state index contributed by atoms with van der Waals surface area (Å²) in [7, 11) is 0. The molecule has 0 amide bonds. The standard InChI is InChI=1S/C15H22O2/c1-11(2)15(3,10-16)8-12-9-17-14-7-5-4-6-13(12)14/h4-7,11-12,16H,8-10H2,1-3H3. The van der Waals surface area contributed by atoms with Crippen molar-refractivity contribution in [1.29, 1.82) is 0 Å². The molecular formula is C15H22O2. The summed E-state index contributed by atoms with van der Waals surface area (Å²) in [6.07, 6.45) is 0.984. The van der Waals surface area contributed by atoms with Gasteiger partial charge in [0.05, 0.1) is 6.61 Å². The van der Waals surface area contributed by atoms with Gasteiger partial charge < -0.3 is 9.84 Å². The summed E-state index contributed by atoms with van der Waals surface area (Å²) in [5.74, 6) is 1.91. The van der Waals surface area contributed by atoms with Crippen molar-refractivity contribution in [1.82, 2.24) is 0 Å². The SMILES string of the molecule is CC(C)C(C)(CO)CC1COc2ccccc21. The van der Waals surface area contributed by atoms with Crippen LogP contribution >= 0.6 is 0 Å². The van der Waals surface area contributed by atoms with Gasteiger partial charge in [0.25, 0.3) is 0 Å². The van der Waals surface area contributed by atoms with Crippen LogP contribution in [0.5, 0.6) is 5.75 Å². The highest BCUT2D eigenvalue weighted by molar-refractivity contribution is 5.39. The van der Waals surface area contributed by atoms with Crippen molar-refractivity contribution < 1.29 is 9.84 Å². The third-order valence-corrected chi connectivity index (χ3v) is 4.27. The van der Waals surface area contributed by atoms with Gasteiger partial charge in [-0.2, -0.15) is 0 Å². The number of hydrogen-bond donors (Lipinski definition) is 1.